The largest absolute Gasteiger partial charge is 0.366 e. The van der Waals surface area contributed by atoms with Gasteiger partial charge in [-0.3, -0.25) is 0 Å². The summed E-state index contributed by atoms with van der Waals surface area (Å²) in [6.45, 7) is 0.810. The first-order valence-electron chi connectivity index (χ1n) is 6.14. The molecule has 2 aromatic heterocycles. The molecule has 4 nitrogen and oxygen atoms in total. The van der Waals surface area contributed by atoms with Crippen molar-refractivity contribution >= 4 is 17.2 Å². The van der Waals surface area contributed by atoms with Crippen LogP contribution < -0.4 is 11.1 Å². The minimum atomic E-state index is 0.354. The SMILES string of the molecule is NC1CC(c2cc(NCc3ccsc3)ncn2)C1. The zero-order valence-electron chi connectivity index (χ0n) is 10.0. The fourth-order valence-corrected chi connectivity index (χ4v) is 2.85. The lowest BCUT2D eigenvalue weighted by Crippen LogP contribution is -2.35. The lowest BCUT2D eigenvalue weighted by molar-refractivity contribution is 0.345. The Morgan fingerprint density at radius 2 is 2.28 bits per heavy atom. The first-order chi connectivity index (χ1) is 8.81. The average Bonchev–Trinajstić information content (AvgIpc) is 2.86. The number of thiophene rings is 1. The van der Waals surface area contributed by atoms with Crippen molar-refractivity contribution in [3.63, 3.8) is 0 Å². The maximum Gasteiger partial charge on any atom is 0.129 e. The third-order valence-electron chi connectivity index (χ3n) is 3.33. The molecule has 0 unspecified atom stereocenters. The van der Waals surface area contributed by atoms with E-state index in [1.165, 1.54) is 5.56 Å². The molecular weight excluding hydrogens is 244 g/mol. The van der Waals surface area contributed by atoms with Crippen LogP contribution in [-0.2, 0) is 6.54 Å². The topological polar surface area (TPSA) is 63.8 Å². The van der Waals surface area contributed by atoms with Gasteiger partial charge in [0, 0.05) is 30.3 Å². The number of nitrogens with zero attached hydrogens (tertiary/aromatic N) is 2. The van der Waals surface area contributed by atoms with Crippen LogP contribution in [0.5, 0.6) is 0 Å². The number of hydrogen-bond donors (Lipinski definition) is 2. The summed E-state index contributed by atoms with van der Waals surface area (Å²) in [5.41, 5.74) is 8.20. The molecule has 0 bridgehead atoms. The van der Waals surface area contributed by atoms with Gasteiger partial charge in [-0.05, 0) is 35.2 Å². The smallest absolute Gasteiger partial charge is 0.129 e. The molecule has 0 saturated heterocycles. The summed E-state index contributed by atoms with van der Waals surface area (Å²) in [5.74, 6) is 1.41. The summed E-state index contributed by atoms with van der Waals surface area (Å²) in [5, 5.41) is 7.55. The second kappa shape index (κ2) is 5.04. The van der Waals surface area contributed by atoms with Gasteiger partial charge < -0.3 is 11.1 Å². The summed E-state index contributed by atoms with van der Waals surface area (Å²) in [6, 6.07) is 4.51. The lowest BCUT2D eigenvalue weighted by Gasteiger charge is -2.31. The quantitative estimate of drug-likeness (QED) is 0.885. The summed E-state index contributed by atoms with van der Waals surface area (Å²) in [4.78, 5) is 8.58. The average molecular weight is 260 g/mol. The van der Waals surface area contributed by atoms with E-state index in [4.69, 9.17) is 5.73 Å². The third-order valence-corrected chi connectivity index (χ3v) is 4.07. The number of anilines is 1. The Bertz CT molecular complexity index is 505. The van der Waals surface area contributed by atoms with Crippen LogP contribution in [-0.4, -0.2) is 16.0 Å². The van der Waals surface area contributed by atoms with Crippen molar-refractivity contribution in [1.82, 2.24) is 9.97 Å². The maximum atomic E-state index is 5.81. The summed E-state index contributed by atoms with van der Waals surface area (Å²) < 4.78 is 0. The van der Waals surface area contributed by atoms with E-state index in [9.17, 15) is 0 Å². The van der Waals surface area contributed by atoms with E-state index >= 15 is 0 Å². The number of nitrogens with one attached hydrogen (secondary N) is 1. The van der Waals surface area contributed by atoms with Crippen molar-refractivity contribution < 1.29 is 0 Å². The van der Waals surface area contributed by atoms with E-state index in [2.05, 4.69) is 32.1 Å². The maximum absolute atomic E-state index is 5.81. The molecule has 18 heavy (non-hydrogen) atoms. The zero-order chi connectivity index (χ0) is 12.4. The molecule has 1 aliphatic carbocycles. The number of rotatable bonds is 4. The highest BCUT2D eigenvalue weighted by atomic mass is 32.1. The van der Waals surface area contributed by atoms with E-state index in [1.807, 2.05) is 6.07 Å². The molecule has 2 heterocycles. The minimum absolute atomic E-state index is 0.354. The summed E-state index contributed by atoms with van der Waals surface area (Å²) in [7, 11) is 0. The molecule has 0 aromatic carbocycles. The predicted octanol–water partition coefficient (Wildman–Crippen LogP) is 2.35. The highest BCUT2D eigenvalue weighted by molar-refractivity contribution is 7.07. The van der Waals surface area contributed by atoms with Crippen LogP contribution in [0.3, 0.4) is 0 Å². The highest BCUT2D eigenvalue weighted by Crippen LogP contribution is 2.34. The molecule has 5 heteroatoms. The fourth-order valence-electron chi connectivity index (χ4n) is 2.18. The van der Waals surface area contributed by atoms with Gasteiger partial charge in [-0.25, -0.2) is 9.97 Å². The lowest BCUT2D eigenvalue weighted by atomic mass is 9.79. The van der Waals surface area contributed by atoms with Crippen molar-refractivity contribution in [2.45, 2.75) is 31.3 Å². The van der Waals surface area contributed by atoms with Crippen LogP contribution in [0.1, 0.15) is 30.0 Å². The molecule has 3 rings (SSSR count). The Balaban J connectivity index is 1.64. The molecule has 1 aliphatic rings. The van der Waals surface area contributed by atoms with Gasteiger partial charge in [-0.15, -0.1) is 0 Å². The van der Waals surface area contributed by atoms with Crippen molar-refractivity contribution in [3.8, 4) is 0 Å². The number of nitrogens with two attached hydrogens (primary N) is 1. The van der Waals surface area contributed by atoms with Gasteiger partial charge in [-0.1, -0.05) is 0 Å². The van der Waals surface area contributed by atoms with E-state index in [-0.39, 0.29) is 0 Å². The van der Waals surface area contributed by atoms with Crippen molar-refractivity contribution in [2.75, 3.05) is 5.32 Å². The fraction of sp³-hybridized carbons (Fsp3) is 0.385. The molecule has 0 radical (unpaired) electrons. The molecular formula is C13H16N4S. The van der Waals surface area contributed by atoms with Crippen molar-refractivity contribution in [2.24, 2.45) is 5.73 Å². The second-order valence-electron chi connectivity index (χ2n) is 4.74. The predicted molar refractivity (Wildman–Crippen MR) is 73.6 cm³/mol. The van der Waals surface area contributed by atoms with Crippen LogP contribution in [0.25, 0.3) is 0 Å². The Kier molecular flexibility index (Phi) is 3.25. The Morgan fingerprint density at radius 3 is 3.00 bits per heavy atom. The molecule has 0 aliphatic heterocycles. The van der Waals surface area contributed by atoms with Gasteiger partial charge >= 0.3 is 0 Å². The molecule has 1 saturated carbocycles. The molecule has 0 amide bonds. The van der Waals surface area contributed by atoms with Crippen molar-refractivity contribution in [3.05, 3.63) is 40.5 Å². The van der Waals surface area contributed by atoms with Gasteiger partial charge in [0.25, 0.3) is 0 Å². The Hall–Kier alpha value is -1.46. The highest BCUT2D eigenvalue weighted by Gasteiger charge is 2.28. The monoisotopic (exact) mass is 260 g/mol. The first-order valence-corrected chi connectivity index (χ1v) is 7.08. The van der Waals surface area contributed by atoms with Crippen molar-refractivity contribution in [1.29, 1.82) is 0 Å². The van der Waals surface area contributed by atoms with Crippen LogP contribution in [0, 0.1) is 0 Å². The number of aromatic nitrogens is 2. The van der Waals surface area contributed by atoms with Crippen LogP contribution in [0.2, 0.25) is 0 Å². The minimum Gasteiger partial charge on any atom is -0.366 e. The molecule has 3 N–H and O–H groups in total. The van der Waals surface area contributed by atoms with E-state index < -0.39 is 0 Å². The molecule has 0 spiro atoms. The first kappa shape index (κ1) is 11.6. The number of hydrogen-bond acceptors (Lipinski definition) is 5. The molecule has 1 fully saturated rings. The third kappa shape index (κ3) is 2.52. The van der Waals surface area contributed by atoms with Crippen LogP contribution in [0.4, 0.5) is 5.82 Å². The summed E-state index contributed by atoms with van der Waals surface area (Å²) in [6.07, 6.45) is 3.72. The van der Waals surface area contributed by atoms with Crippen LogP contribution >= 0.6 is 11.3 Å². The zero-order valence-corrected chi connectivity index (χ0v) is 10.9. The normalized spacial score (nSPS) is 22.5. The van der Waals surface area contributed by atoms with E-state index in [0.29, 0.717) is 12.0 Å². The molecule has 2 aromatic rings. The molecule has 0 atom stereocenters. The van der Waals surface area contributed by atoms with E-state index in [0.717, 1.165) is 30.9 Å². The molecule has 94 valence electrons. The van der Waals surface area contributed by atoms with Gasteiger partial charge in [0.05, 0.1) is 0 Å². The Labute approximate surface area is 110 Å². The van der Waals surface area contributed by atoms with Gasteiger partial charge in [-0.2, -0.15) is 11.3 Å². The standard InChI is InChI=1S/C13H16N4S/c14-11-3-10(4-11)12-5-13(17-8-16-12)15-6-9-1-2-18-7-9/h1-2,5,7-8,10-11H,3-4,6,14H2,(H,15,16,17). The van der Waals surface area contributed by atoms with Crippen LogP contribution in [0.15, 0.2) is 29.2 Å². The van der Waals surface area contributed by atoms with Gasteiger partial charge in [0.15, 0.2) is 0 Å². The Morgan fingerprint density at radius 1 is 1.39 bits per heavy atom. The van der Waals surface area contributed by atoms with E-state index in [1.54, 1.807) is 17.7 Å². The van der Waals surface area contributed by atoms with Gasteiger partial charge in [0.2, 0.25) is 0 Å². The summed E-state index contributed by atoms with van der Waals surface area (Å²) >= 11 is 1.71. The van der Waals surface area contributed by atoms with Gasteiger partial charge in [0.1, 0.15) is 12.1 Å². The second-order valence-corrected chi connectivity index (χ2v) is 5.52.